The summed E-state index contributed by atoms with van der Waals surface area (Å²) in [6, 6.07) is 0. The van der Waals surface area contributed by atoms with E-state index < -0.39 is 24.1 Å². The third kappa shape index (κ3) is 9.75. The zero-order valence-electron chi connectivity index (χ0n) is 13.5. The van der Waals surface area contributed by atoms with Crippen LogP contribution in [0.15, 0.2) is 0 Å². The minimum Gasteiger partial charge on any atom is -0.479 e. The van der Waals surface area contributed by atoms with E-state index in [-0.39, 0.29) is 0 Å². The lowest BCUT2D eigenvalue weighted by atomic mass is 10.2. The van der Waals surface area contributed by atoms with Crippen LogP contribution in [0, 0.1) is 0 Å². The fraction of sp³-hybridized carbons (Fsp3) is 0.857. The van der Waals surface area contributed by atoms with E-state index >= 15 is 0 Å². The molecule has 2 aliphatic rings. The number of rotatable bonds is 5. The third-order valence-electron chi connectivity index (χ3n) is 3.38. The predicted molar refractivity (Wildman–Crippen MR) is 83.3 cm³/mol. The van der Waals surface area contributed by atoms with Gasteiger partial charge in [0.05, 0.1) is 12.2 Å². The van der Waals surface area contributed by atoms with Crippen LogP contribution in [0.25, 0.3) is 0 Å². The summed E-state index contributed by atoms with van der Waals surface area (Å²) in [5.41, 5.74) is 10.6. The van der Waals surface area contributed by atoms with E-state index in [0.717, 1.165) is 26.1 Å². The summed E-state index contributed by atoms with van der Waals surface area (Å²) in [5, 5.41) is 32.5. The molecule has 10 heteroatoms. The van der Waals surface area contributed by atoms with Gasteiger partial charge < -0.3 is 41.4 Å². The average Bonchev–Trinajstić information content (AvgIpc) is 3.27. The van der Waals surface area contributed by atoms with E-state index in [1.54, 1.807) is 0 Å². The predicted octanol–water partition coefficient (Wildman–Crippen LogP) is -1.87. The van der Waals surface area contributed by atoms with Gasteiger partial charge in [0.2, 0.25) is 0 Å². The van der Waals surface area contributed by atoms with E-state index in [9.17, 15) is 9.59 Å². The molecule has 2 fully saturated rings. The topological polar surface area (TPSA) is 186 Å². The molecule has 0 aromatic heterocycles. The second-order valence-corrected chi connectivity index (χ2v) is 5.31. The highest BCUT2D eigenvalue weighted by molar-refractivity contribution is 5.83. The van der Waals surface area contributed by atoms with Gasteiger partial charge in [0.1, 0.15) is 0 Å². The van der Waals surface area contributed by atoms with Gasteiger partial charge in [0.25, 0.3) is 0 Å². The molecule has 2 heterocycles. The Kier molecular flexibility index (Phi) is 12.3. The Hall–Kier alpha value is -1.30. The van der Waals surface area contributed by atoms with Gasteiger partial charge in [-0.05, 0) is 25.7 Å². The largest absolute Gasteiger partial charge is 0.479 e. The lowest BCUT2D eigenvalue weighted by Gasteiger charge is -2.07. The Morgan fingerprint density at radius 1 is 0.875 bits per heavy atom. The summed E-state index contributed by atoms with van der Waals surface area (Å²) in [6.07, 6.45) is 0.937. The van der Waals surface area contributed by atoms with E-state index in [0.29, 0.717) is 25.3 Å². The number of carbonyl (C=O) groups is 2. The van der Waals surface area contributed by atoms with Crippen molar-refractivity contribution in [3.05, 3.63) is 0 Å². The molecular formula is C14H28N2O8. The molecule has 0 aromatic rings. The lowest BCUT2D eigenvalue weighted by molar-refractivity contribution is -0.165. The molecule has 0 aliphatic carbocycles. The highest BCUT2D eigenvalue weighted by atomic mass is 16.5. The van der Waals surface area contributed by atoms with Crippen LogP contribution < -0.4 is 11.5 Å². The molecule has 2 saturated heterocycles. The quantitative estimate of drug-likeness (QED) is 0.327. The molecule has 2 aliphatic heterocycles. The molecule has 0 aromatic carbocycles. The molecule has 4 unspecified atom stereocenters. The van der Waals surface area contributed by atoms with Crippen molar-refractivity contribution in [3.63, 3.8) is 0 Å². The summed E-state index contributed by atoms with van der Waals surface area (Å²) < 4.78 is 10.4. The Balaban J connectivity index is 0.000000337. The van der Waals surface area contributed by atoms with Crippen molar-refractivity contribution >= 4 is 11.9 Å². The third-order valence-corrected chi connectivity index (χ3v) is 3.38. The van der Waals surface area contributed by atoms with Crippen LogP contribution in [0.4, 0.5) is 0 Å². The number of aliphatic carboxylic acids is 2. The number of carboxylic acid groups (broad SMARTS) is 2. The number of ether oxygens (including phenoxy) is 2. The second-order valence-electron chi connectivity index (χ2n) is 5.31. The fourth-order valence-electron chi connectivity index (χ4n) is 1.93. The van der Waals surface area contributed by atoms with Gasteiger partial charge in [-0.2, -0.15) is 0 Å². The van der Waals surface area contributed by atoms with Crippen molar-refractivity contribution in [3.8, 4) is 0 Å². The van der Waals surface area contributed by atoms with Crippen molar-refractivity contribution in [2.45, 2.75) is 50.1 Å². The smallest absolute Gasteiger partial charge is 0.335 e. The molecule has 0 amide bonds. The molecule has 0 radical (unpaired) electrons. The molecule has 10 nitrogen and oxygen atoms in total. The van der Waals surface area contributed by atoms with Crippen molar-refractivity contribution in [2.24, 2.45) is 11.5 Å². The van der Waals surface area contributed by atoms with Gasteiger partial charge in [0, 0.05) is 26.3 Å². The first-order chi connectivity index (χ1) is 11.3. The molecule has 2 rings (SSSR count). The van der Waals surface area contributed by atoms with Crippen LogP contribution >= 0.6 is 0 Å². The number of aliphatic hydroxyl groups is 2. The SMILES string of the molecule is NCC1CCCO1.NCC1CCCO1.O=C(O)C(O)C(O)C(=O)O. The van der Waals surface area contributed by atoms with Crippen LogP contribution in [-0.4, -0.2) is 83.1 Å². The Morgan fingerprint density at radius 3 is 1.33 bits per heavy atom. The first kappa shape index (κ1) is 22.7. The monoisotopic (exact) mass is 352 g/mol. The number of hydrogen-bond acceptors (Lipinski definition) is 8. The first-order valence-electron chi connectivity index (χ1n) is 7.78. The van der Waals surface area contributed by atoms with Crippen LogP contribution in [-0.2, 0) is 19.1 Å². The van der Waals surface area contributed by atoms with Gasteiger partial charge in [-0.15, -0.1) is 0 Å². The van der Waals surface area contributed by atoms with Gasteiger partial charge in [-0.25, -0.2) is 9.59 Å². The summed E-state index contributed by atoms with van der Waals surface area (Å²) in [6.45, 7) is 3.23. The number of carboxylic acids is 2. The van der Waals surface area contributed by atoms with Crippen molar-refractivity contribution in [2.75, 3.05) is 26.3 Å². The molecule has 0 spiro atoms. The van der Waals surface area contributed by atoms with E-state index in [4.69, 9.17) is 41.4 Å². The normalized spacial score (nSPS) is 24.8. The summed E-state index contributed by atoms with van der Waals surface area (Å²) in [4.78, 5) is 19.5. The molecule has 0 saturated carbocycles. The van der Waals surface area contributed by atoms with E-state index in [2.05, 4.69) is 0 Å². The standard InChI is InChI=1S/2C5H11NO.C4H6O6/c2*6-4-5-2-1-3-7-5;5-1(3(7)8)2(6)4(9)10/h2*5H,1-4,6H2;1-2,5-6H,(H,7,8)(H,9,10). The molecule has 8 N–H and O–H groups in total. The molecular weight excluding hydrogens is 324 g/mol. The first-order valence-corrected chi connectivity index (χ1v) is 7.78. The van der Waals surface area contributed by atoms with Crippen LogP contribution in [0.1, 0.15) is 25.7 Å². The Bertz CT molecular complexity index is 323. The number of aliphatic hydroxyl groups excluding tert-OH is 2. The fourth-order valence-corrected chi connectivity index (χ4v) is 1.93. The highest BCUT2D eigenvalue weighted by Gasteiger charge is 2.29. The maximum absolute atomic E-state index is 9.77. The van der Waals surface area contributed by atoms with Crippen molar-refractivity contribution in [1.82, 2.24) is 0 Å². The minimum atomic E-state index is -2.27. The van der Waals surface area contributed by atoms with E-state index in [1.807, 2.05) is 0 Å². The zero-order chi connectivity index (χ0) is 18.5. The van der Waals surface area contributed by atoms with Crippen LogP contribution in [0.3, 0.4) is 0 Å². The van der Waals surface area contributed by atoms with Gasteiger partial charge in [-0.3, -0.25) is 0 Å². The Morgan fingerprint density at radius 2 is 1.21 bits per heavy atom. The second kappa shape index (κ2) is 13.0. The van der Waals surface area contributed by atoms with Gasteiger partial charge >= 0.3 is 11.9 Å². The molecule has 0 bridgehead atoms. The van der Waals surface area contributed by atoms with Crippen LogP contribution in [0.5, 0.6) is 0 Å². The van der Waals surface area contributed by atoms with Crippen LogP contribution in [0.2, 0.25) is 0 Å². The van der Waals surface area contributed by atoms with Gasteiger partial charge in [0.15, 0.2) is 12.2 Å². The maximum Gasteiger partial charge on any atom is 0.335 e. The number of hydrogen-bond donors (Lipinski definition) is 6. The summed E-state index contributed by atoms with van der Waals surface area (Å²) >= 11 is 0. The summed E-state index contributed by atoms with van der Waals surface area (Å²) in [7, 11) is 0. The van der Waals surface area contributed by atoms with E-state index in [1.165, 1.54) is 12.8 Å². The Labute approximate surface area is 140 Å². The maximum atomic E-state index is 9.77. The lowest BCUT2D eigenvalue weighted by Crippen LogP contribution is -2.39. The summed E-state index contributed by atoms with van der Waals surface area (Å²) in [5.74, 6) is -3.54. The average molecular weight is 352 g/mol. The minimum absolute atomic E-state index is 0.375. The zero-order valence-corrected chi connectivity index (χ0v) is 13.5. The van der Waals surface area contributed by atoms with Gasteiger partial charge in [-0.1, -0.05) is 0 Å². The molecule has 24 heavy (non-hydrogen) atoms. The highest BCUT2D eigenvalue weighted by Crippen LogP contribution is 2.09. The molecule has 142 valence electrons. The van der Waals surface area contributed by atoms with Crippen molar-refractivity contribution < 1.29 is 39.5 Å². The molecule has 4 atom stereocenters. The van der Waals surface area contributed by atoms with Crippen molar-refractivity contribution in [1.29, 1.82) is 0 Å². The number of nitrogens with two attached hydrogens (primary N) is 2.